The second kappa shape index (κ2) is 14.0. The van der Waals surface area contributed by atoms with Crippen molar-refractivity contribution in [2.24, 2.45) is 0 Å². The number of para-hydroxylation sites is 2. The first-order valence-electron chi connectivity index (χ1n) is 14.4. The fourth-order valence-corrected chi connectivity index (χ4v) is 6.00. The van der Waals surface area contributed by atoms with Crippen molar-refractivity contribution in [3.63, 3.8) is 0 Å². The minimum atomic E-state index is -1.03. The number of aromatic nitrogens is 3. The largest absolute Gasteiger partial charge is 0.478 e. The maximum absolute atomic E-state index is 12.7. The summed E-state index contributed by atoms with van der Waals surface area (Å²) in [4.78, 5) is 37.4. The van der Waals surface area contributed by atoms with Gasteiger partial charge in [0.25, 0.3) is 5.91 Å². The van der Waals surface area contributed by atoms with Crippen LogP contribution in [0.4, 0.5) is 0 Å². The topological polar surface area (TPSA) is 144 Å². The van der Waals surface area contributed by atoms with Crippen LogP contribution in [0.15, 0.2) is 102 Å². The van der Waals surface area contributed by atoms with Gasteiger partial charge in [0.2, 0.25) is 0 Å². The first-order chi connectivity index (χ1) is 22.0. The number of carboxylic acids is 1. The summed E-state index contributed by atoms with van der Waals surface area (Å²) in [6.45, 7) is 0.254. The van der Waals surface area contributed by atoms with Crippen molar-refractivity contribution in [2.75, 3.05) is 5.75 Å². The van der Waals surface area contributed by atoms with Crippen LogP contribution in [0.3, 0.4) is 0 Å². The zero-order valence-corrected chi connectivity index (χ0v) is 24.9. The number of amides is 1. The first kappa shape index (κ1) is 30.4. The van der Waals surface area contributed by atoms with E-state index >= 15 is 0 Å². The molecule has 228 valence electrons. The average Bonchev–Trinajstić information content (AvgIpc) is 3.09. The van der Waals surface area contributed by atoms with E-state index in [1.54, 1.807) is 12.3 Å². The highest BCUT2D eigenvalue weighted by molar-refractivity contribution is 7.99. The van der Waals surface area contributed by atoms with Crippen molar-refractivity contribution in [2.45, 2.75) is 43.1 Å². The van der Waals surface area contributed by atoms with Crippen LogP contribution in [0.1, 0.15) is 61.9 Å². The van der Waals surface area contributed by atoms with Crippen molar-refractivity contribution >= 4 is 34.7 Å². The summed E-state index contributed by atoms with van der Waals surface area (Å²) in [5.41, 5.74) is 5.23. The molecular formula is C34H30N4O6S. The number of aromatic carboxylic acids is 1. The van der Waals surface area contributed by atoms with E-state index in [1.165, 1.54) is 24.0 Å². The number of hydrogen-bond donors (Lipinski definition) is 3. The summed E-state index contributed by atoms with van der Waals surface area (Å²) >= 11 is 1.34. The van der Waals surface area contributed by atoms with Gasteiger partial charge in [-0.2, -0.15) is 0 Å². The second-order valence-corrected chi connectivity index (χ2v) is 11.5. The number of carboxylic acid groups (broad SMARTS) is 1. The molecule has 1 amide bonds. The average molecular weight is 623 g/mol. The zero-order valence-electron chi connectivity index (χ0n) is 24.1. The molecule has 1 aliphatic heterocycles. The van der Waals surface area contributed by atoms with Crippen LogP contribution in [0.2, 0.25) is 0 Å². The van der Waals surface area contributed by atoms with Crippen LogP contribution in [0.5, 0.6) is 0 Å². The molecule has 0 radical (unpaired) electrons. The van der Waals surface area contributed by atoms with Gasteiger partial charge in [-0.15, -0.1) is 11.8 Å². The van der Waals surface area contributed by atoms with Gasteiger partial charge in [0, 0.05) is 30.5 Å². The quantitative estimate of drug-likeness (QED) is 0.171. The van der Waals surface area contributed by atoms with E-state index in [-0.39, 0.29) is 36.0 Å². The molecule has 3 atom stereocenters. The number of rotatable bonds is 10. The van der Waals surface area contributed by atoms with Gasteiger partial charge in [-0.05, 0) is 41.0 Å². The van der Waals surface area contributed by atoms with Crippen LogP contribution in [0.25, 0.3) is 11.0 Å². The second-order valence-electron chi connectivity index (χ2n) is 10.5. The van der Waals surface area contributed by atoms with Crippen LogP contribution in [0, 0.1) is 0 Å². The Morgan fingerprint density at radius 3 is 2.36 bits per heavy atom. The van der Waals surface area contributed by atoms with Gasteiger partial charge in [-0.3, -0.25) is 9.78 Å². The summed E-state index contributed by atoms with van der Waals surface area (Å²) in [6, 6.07) is 25.8. The molecule has 0 spiro atoms. The minimum absolute atomic E-state index is 0.0464. The van der Waals surface area contributed by atoms with Crippen LogP contribution >= 0.6 is 11.8 Å². The fourth-order valence-electron chi connectivity index (χ4n) is 5.00. The van der Waals surface area contributed by atoms with Gasteiger partial charge in [0.15, 0.2) is 6.29 Å². The van der Waals surface area contributed by atoms with E-state index in [9.17, 15) is 19.8 Å². The van der Waals surface area contributed by atoms with Crippen molar-refractivity contribution in [3.05, 3.63) is 131 Å². The predicted molar refractivity (Wildman–Crippen MR) is 167 cm³/mol. The fraction of sp³-hybridized carbons (Fsp3) is 0.206. The van der Waals surface area contributed by atoms with E-state index in [0.29, 0.717) is 29.3 Å². The highest BCUT2D eigenvalue weighted by atomic mass is 32.2. The number of aliphatic hydroxyl groups is 1. The van der Waals surface area contributed by atoms with Crippen molar-refractivity contribution in [1.29, 1.82) is 0 Å². The van der Waals surface area contributed by atoms with E-state index in [1.807, 2.05) is 72.8 Å². The molecule has 5 aromatic rings. The number of pyridine rings is 1. The summed E-state index contributed by atoms with van der Waals surface area (Å²) in [5, 5.41) is 22.4. The van der Waals surface area contributed by atoms with Gasteiger partial charge in [0.05, 0.1) is 41.6 Å². The van der Waals surface area contributed by atoms with Crippen LogP contribution < -0.4 is 5.32 Å². The number of carbonyl (C=O) groups excluding carboxylic acids is 1. The number of fused-ring (bicyclic) bond motifs is 1. The van der Waals surface area contributed by atoms with Crippen molar-refractivity contribution in [1.82, 2.24) is 20.3 Å². The smallest absolute Gasteiger partial charge is 0.338 e. The first-order valence-corrected chi connectivity index (χ1v) is 15.4. The Hall–Kier alpha value is -4.68. The maximum Gasteiger partial charge on any atom is 0.338 e. The Morgan fingerprint density at radius 1 is 0.867 bits per heavy atom. The number of benzene rings is 3. The molecule has 1 saturated heterocycles. The van der Waals surface area contributed by atoms with Gasteiger partial charge >= 0.3 is 5.97 Å². The van der Waals surface area contributed by atoms with Crippen molar-refractivity contribution < 1.29 is 29.3 Å². The lowest BCUT2D eigenvalue weighted by Crippen LogP contribution is -2.31. The molecule has 1 aliphatic rings. The van der Waals surface area contributed by atoms with E-state index < -0.39 is 12.3 Å². The van der Waals surface area contributed by atoms with Gasteiger partial charge in [0.1, 0.15) is 10.7 Å². The number of ether oxygens (including phenoxy) is 2. The van der Waals surface area contributed by atoms with Gasteiger partial charge in [-0.25, -0.2) is 14.8 Å². The normalized spacial score (nSPS) is 18.0. The summed E-state index contributed by atoms with van der Waals surface area (Å²) < 4.78 is 12.8. The van der Waals surface area contributed by atoms with Gasteiger partial charge < -0.3 is 25.0 Å². The SMILES string of the molecule is O=C(NCc1ccc([C@H]2O[C@@H](CSc3ncccc3C(=O)O)C[C@@H](c3ccc(CO)cc3)O2)cc1)c1cnc2ccccc2n1. The highest BCUT2D eigenvalue weighted by Crippen LogP contribution is 2.39. The Morgan fingerprint density at radius 2 is 1.60 bits per heavy atom. The van der Waals surface area contributed by atoms with Crippen LogP contribution in [-0.2, 0) is 22.6 Å². The molecule has 1 fully saturated rings. The Bertz CT molecular complexity index is 1800. The molecule has 45 heavy (non-hydrogen) atoms. The molecule has 3 heterocycles. The van der Waals surface area contributed by atoms with Crippen molar-refractivity contribution in [3.8, 4) is 0 Å². The zero-order chi connectivity index (χ0) is 31.2. The van der Waals surface area contributed by atoms with E-state index in [0.717, 1.165) is 27.8 Å². The Labute approximate surface area is 263 Å². The third-order valence-electron chi connectivity index (χ3n) is 7.41. The maximum atomic E-state index is 12.7. The minimum Gasteiger partial charge on any atom is -0.478 e. The number of hydrogen-bond acceptors (Lipinski definition) is 9. The molecule has 10 nitrogen and oxygen atoms in total. The summed E-state index contributed by atoms with van der Waals surface area (Å²) in [5.74, 6) is -0.866. The number of thioether (sulfide) groups is 1. The lowest BCUT2D eigenvalue weighted by Gasteiger charge is -2.36. The number of aliphatic hydroxyl groups excluding tert-OH is 1. The number of nitrogens with one attached hydrogen (secondary N) is 1. The number of nitrogens with zero attached hydrogens (tertiary/aromatic N) is 3. The third-order valence-corrected chi connectivity index (χ3v) is 8.55. The third kappa shape index (κ3) is 7.35. The Kier molecular flexibility index (Phi) is 9.41. The van der Waals surface area contributed by atoms with Gasteiger partial charge in [-0.1, -0.05) is 60.7 Å². The highest BCUT2D eigenvalue weighted by Gasteiger charge is 2.32. The molecule has 0 unspecified atom stereocenters. The molecule has 3 N–H and O–H groups in total. The predicted octanol–water partition coefficient (Wildman–Crippen LogP) is 5.48. The summed E-state index contributed by atoms with van der Waals surface area (Å²) in [7, 11) is 0. The molecule has 11 heteroatoms. The molecule has 2 aromatic heterocycles. The molecule has 3 aromatic carbocycles. The van der Waals surface area contributed by atoms with Crippen LogP contribution in [-0.4, -0.2) is 48.9 Å². The molecule has 0 aliphatic carbocycles. The van der Waals surface area contributed by atoms with E-state index in [2.05, 4.69) is 20.3 Å². The molecule has 0 saturated carbocycles. The van der Waals surface area contributed by atoms with E-state index in [4.69, 9.17) is 9.47 Å². The molecular weight excluding hydrogens is 592 g/mol. The molecule has 0 bridgehead atoms. The summed E-state index contributed by atoms with van der Waals surface area (Å²) in [6.07, 6.45) is 2.38. The molecule has 6 rings (SSSR count). The lowest BCUT2D eigenvalue weighted by molar-refractivity contribution is -0.245. The standard InChI is InChI=1S/C34H30N4O6S/c39-19-22-9-11-23(12-10-22)30-16-25(20-45-32-26(33(41)42)4-3-15-35-32)43-34(44-30)24-13-7-21(8-14-24)17-37-31(40)29-18-36-27-5-1-2-6-28(27)38-29/h1-15,18,25,30,34,39H,16-17,19-20H2,(H,37,40)(H,41,42)/t25-,30+,34+/m1/s1. The monoisotopic (exact) mass is 622 g/mol. The number of carbonyl (C=O) groups is 2. The Balaban J connectivity index is 1.14. The lowest BCUT2D eigenvalue weighted by atomic mass is 10.0.